The number of carbonyl (C=O) groups excluding carboxylic acids is 2. The van der Waals surface area contributed by atoms with E-state index in [0.717, 1.165) is 0 Å². The Morgan fingerprint density at radius 3 is 1.96 bits per heavy atom. The third kappa shape index (κ3) is 6.14. The van der Waals surface area contributed by atoms with Crippen LogP contribution < -0.4 is 5.32 Å². The van der Waals surface area contributed by atoms with Crippen LogP contribution >= 0.6 is 0 Å². The molecule has 5 nitrogen and oxygen atoms in total. The Balaban J connectivity index is 2.96. The molecule has 0 fully saturated rings. The summed E-state index contributed by atoms with van der Waals surface area (Å²) in [4.78, 5) is 36.6. The summed E-state index contributed by atoms with van der Waals surface area (Å²) in [6, 6.07) is 7.66. The zero-order valence-electron chi connectivity index (χ0n) is 14.8. The molecule has 0 aliphatic heterocycles. The van der Waals surface area contributed by atoms with Crippen molar-refractivity contribution in [2.45, 2.75) is 46.6 Å². The molecule has 2 N–H and O–H groups in total. The van der Waals surface area contributed by atoms with Crippen LogP contribution in [-0.4, -0.2) is 28.8 Å². The van der Waals surface area contributed by atoms with Crippen LogP contribution in [-0.2, 0) is 9.59 Å². The second-order valence-corrected chi connectivity index (χ2v) is 6.94. The summed E-state index contributed by atoms with van der Waals surface area (Å²) in [7, 11) is 0. The lowest BCUT2D eigenvalue weighted by atomic mass is 9.88. The van der Waals surface area contributed by atoms with Crippen molar-refractivity contribution in [1.82, 2.24) is 5.32 Å². The highest BCUT2D eigenvalue weighted by Crippen LogP contribution is 2.19. The van der Waals surface area contributed by atoms with E-state index in [2.05, 4.69) is 5.32 Å². The Hall–Kier alpha value is -2.17. The standard InChI is InChI=1S/C19H27NO4/c1-12(2)10-15(17(21)14-8-6-5-7-9-14)18(22)20-16(19(23)24)11-13(3)4/h5-9,12-13,15-16H,10-11H2,1-4H3,(H,20,22)(H,23,24)/t15-,16?/m0/s1. The lowest BCUT2D eigenvalue weighted by Crippen LogP contribution is -2.46. The van der Waals surface area contributed by atoms with Crippen LogP contribution in [0.3, 0.4) is 0 Å². The van der Waals surface area contributed by atoms with Gasteiger partial charge in [-0.1, -0.05) is 58.0 Å². The second-order valence-electron chi connectivity index (χ2n) is 6.94. The molecule has 0 spiro atoms. The molecule has 1 unspecified atom stereocenters. The number of carbonyl (C=O) groups is 3. The number of nitrogens with one attached hydrogen (secondary N) is 1. The first kappa shape index (κ1) is 19.9. The maximum Gasteiger partial charge on any atom is 0.326 e. The fourth-order valence-corrected chi connectivity index (χ4v) is 2.57. The van der Waals surface area contributed by atoms with E-state index in [-0.39, 0.29) is 17.6 Å². The fourth-order valence-electron chi connectivity index (χ4n) is 2.57. The lowest BCUT2D eigenvalue weighted by Gasteiger charge is -2.22. The van der Waals surface area contributed by atoms with Crippen LogP contribution in [0.25, 0.3) is 0 Å². The Bertz CT molecular complexity index is 566. The summed E-state index contributed by atoms with van der Waals surface area (Å²) in [5, 5.41) is 11.8. The van der Waals surface area contributed by atoms with Gasteiger partial charge in [-0.2, -0.15) is 0 Å². The van der Waals surface area contributed by atoms with E-state index in [4.69, 9.17) is 0 Å². The van der Waals surface area contributed by atoms with Crippen molar-refractivity contribution >= 4 is 17.7 Å². The smallest absolute Gasteiger partial charge is 0.326 e. The van der Waals surface area contributed by atoms with E-state index in [1.54, 1.807) is 30.3 Å². The first-order valence-corrected chi connectivity index (χ1v) is 8.34. The van der Waals surface area contributed by atoms with E-state index in [1.165, 1.54) is 0 Å². The van der Waals surface area contributed by atoms with Crippen molar-refractivity contribution in [2.24, 2.45) is 17.8 Å². The van der Waals surface area contributed by atoms with E-state index in [9.17, 15) is 19.5 Å². The maximum absolute atomic E-state index is 12.7. The number of hydrogen-bond donors (Lipinski definition) is 2. The number of benzene rings is 1. The Kier molecular flexibility index (Phi) is 7.62. The summed E-state index contributed by atoms with van der Waals surface area (Å²) in [6.45, 7) is 7.65. The summed E-state index contributed by atoms with van der Waals surface area (Å²) in [5.74, 6) is -2.46. The normalized spacial score (nSPS) is 13.6. The number of amides is 1. The van der Waals surface area contributed by atoms with Gasteiger partial charge in [0.05, 0.1) is 0 Å². The van der Waals surface area contributed by atoms with Crippen LogP contribution in [0.1, 0.15) is 50.9 Å². The number of Topliss-reactive ketones (excluding diaryl/α,β-unsaturated/α-hetero) is 1. The average Bonchev–Trinajstić information content (AvgIpc) is 2.51. The molecule has 0 aliphatic rings. The summed E-state index contributed by atoms with van der Waals surface area (Å²) >= 11 is 0. The van der Waals surface area contributed by atoms with Gasteiger partial charge in [-0.15, -0.1) is 0 Å². The molecule has 0 heterocycles. The monoisotopic (exact) mass is 333 g/mol. The topological polar surface area (TPSA) is 83.5 Å². The van der Waals surface area contributed by atoms with Gasteiger partial charge in [0.2, 0.25) is 5.91 Å². The second kappa shape index (κ2) is 9.21. The Labute approximate surface area is 143 Å². The number of rotatable bonds is 9. The minimum absolute atomic E-state index is 0.125. The highest BCUT2D eigenvalue weighted by atomic mass is 16.4. The van der Waals surface area contributed by atoms with Gasteiger partial charge in [0, 0.05) is 5.56 Å². The van der Waals surface area contributed by atoms with Gasteiger partial charge < -0.3 is 10.4 Å². The van der Waals surface area contributed by atoms with Gasteiger partial charge in [-0.3, -0.25) is 9.59 Å². The van der Waals surface area contributed by atoms with Crippen LogP contribution in [0.4, 0.5) is 0 Å². The predicted octanol–water partition coefficient (Wildman–Crippen LogP) is 3.15. The predicted molar refractivity (Wildman–Crippen MR) is 92.7 cm³/mol. The first-order chi connectivity index (χ1) is 11.2. The quantitative estimate of drug-likeness (QED) is 0.537. The van der Waals surface area contributed by atoms with Crippen molar-refractivity contribution in [1.29, 1.82) is 0 Å². The molecule has 5 heteroatoms. The lowest BCUT2D eigenvalue weighted by molar-refractivity contribution is -0.142. The minimum atomic E-state index is -1.08. The number of hydrogen-bond acceptors (Lipinski definition) is 3. The van der Waals surface area contributed by atoms with Crippen LogP contribution in [0, 0.1) is 17.8 Å². The highest BCUT2D eigenvalue weighted by Gasteiger charge is 2.31. The molecule has 1 amide bonds. The van der Waals surface area contributed by atoms with E-state index < -0.39 is 23.8 Å². The third-order valence-electron chi connectivity index (χ3n) is 3.72. The average molecular weight is 333 g/mol. The molecular formula is C19H27NO4. The highest BCUT2D eigenvalue weighted by molar-refractivity contribution is 6.10. The van der Waals surface area contributed by atoms with Gasteiger partial charge >= 0.3 is 5.97 Å². The first-order valence-electron chi connectivity index (χ1n) is 8.34. The molecule has 0 saturated carbocycles. The molecule has 0 radical (unpaired) electrons. The number of carboxylic acids is 1. The molecule has 24 heavy (non-hydrogen) atoms. The van der Waals surface area contributed by atoms with Gasteiger partial charge in [-0.05, 0) is 24.7 Å². The molecule has 0 bridgehead atoms. The van der Waals surface area contributed by atoms with Crippen LogP contribution in [0.5, 0.6) is 0 Å². The van der Waals surface area contributed by atoms with Crippen molar-refractivity contribution in [3.8, 4) is 0 Å². The maximum atomic E-state index is 12.7. The van der Waals surface area contributed by atoms with Gasteiger partial charge in [0.25, 0.3) is 0 Å². The van der Waals surface area contributed by atoms with Crippen LogP contribution in [0.2, 0.25) is 0 Å². The molecule has 0 saturated heterocycles. The molecule has 1 aromatic rings. The van der Waals surface area contributed by atoms with Crippen LogP contribution in [0.15, 0.2) is 30.3 Å². The zero-order valence-corrected chi connectivity index (χ0v) is 14.8. The number of ketones is 1. The Morgan fingerprint density at radius 2 is 1.50 bits per heavy atom. The summed E-state index contributed by atoms with van der Waals surface area (Å²) in [6.07, 6.45) is 0.711. The summed E-state index contributed by atoms with van der Waals surface area (Å²) < 4.78 is 0. The van der Waals surface area contributed by atoms with Crippen molar-refractivity contribution in [3.63, 3.8) is 0 Å². The van der Waals surface area contributed by atoms with E-state index in [1.807, 2.05) is 27.7 Å². The molecule has 0 aliphatic carbocycles. The SMILES string of the molecule is CC(C)CC(NC(=O)[C@@H](CC(C)C)C(=O)c1ccccc1)C(=O)O. The van der Waals surface area contributed by atoms with Crippen molar-refractivity contribution in [2.75, 3.05) is 0 Å². The molecule has 1 rings (SSSR count). The minimum Gasteiger partial charge on any atom is -0.480 e. The van der Waals surface area contributed by atoms with Gasteiger partial charge in [0.15, 0.2) is 5.78 Å². The molecule has 132 valence electrons. The van der Waals surface area contributed by atoms with Gasteiger partial charge in [0.1, 0.15) is 12.0 Å². The van der Waals surface area contributed by atoms with Crippen molar-refractivity contribution < 1.29 is 19.5 Å². The summed E-state index contributed by atoms with van der Waals surface area (Å²) in [5.41, 5.74) is 0.467. The zero-order chi connectivity index (χ0) is 18.3. The number of carboxylic acid groups (broad SMARTS) is 1. The molecule has 1 aromatic carbocycles. The Morgan fingerprint density at radius 1 is 0.958 bits per heavy atom. The molecule has 2 atom stereocenters. The fraction of sp³-hybridized carbons (Fsp3) is 0.526. The van der Waals surface area contributed by atoms with Crippen molar-refractivity contribution in [3.05, 3.63) is 35.9 Å². The van der Waals surface area contributed by atoms with E-state index >= 15 is 0 Å². The molecule has 0 aromatic heterocycles. The largest absolute Gasteiger partial charge is 0.480 e. The molecular weight excluding hydrogens is 306 g/mol. The third-order valence-corrected chi connectivity index (χ3v) is 3.72. The van der Waals surface area contributed by atoms with E-state index in [0.29, 0.717) is 18.4 Å². The number of aliphatic carboxylic acids is 1. The van der Waals surface area contributed by atoms with Gasteiger partial charge in [-0.25, -0.2) is 4.79 Å².